The van der Waals surface area contributed by atoms with Crippen LogP contribution in [-0.4, -0.2) is 7.11 Å². The first-order chi connectivity index (χ1) is 14.6. The molecule has 0 amide bonds. The first-order valence-corrected chi connectivity index (χ1v) is 10.4. The Morgan fingerprint density at radius 3 is 2.00 bits per heavy atom. The Kier molecular flexibility index (Phi) is 6.19. The van der Waals surface area contributed by atoms with Crippen molar-refractivity contribution >= 4 is 51.9 Å². The largest absolute Gasteiger partial charge is 0.495 e. The molecule has 0 bridgehead atoms. The molecule has 0 N–H and O–H groups in total. The molecular weight excluding hydrogens is 437 g/mol. The van der Waals surface area contributed by atoms with Crippen LogP contribution in [0.15, 0.2) is 91.0 Å². The van der Waals surface area contributed by atoms with Crippen molar-refractivity contribution in [1.29, 1.82) is 0 Å². The molecular formula is C25H18Cl3NO. The highest BCUT2D eigenvalue weighted by molar-refractivity contribution is 6.36. The van der Waals surface area contributed by atoms with Gasteiger partial charge in [0.1, 0.15) is 5.75 Å². The van der Waals surface area contributed by atoms with E-state index in [0.717, 1.165) is 28.2 Å². The maximum Gasteiger partial charge on any atom is 0.142 e. The molecule has 0 aliphatic rings. The van der Waals surface area contributed by atoms with Crippen molar-refractivity contribution in [2.24, 2.45) is 0 Å². The number of halogens is 3. The molecule has 4 rings (SSSR count). The molecule has 0 aliphatic carbocycles. The van der Waals surface area contributed by atoms with Crippen molar-refractivity contribution in [2.45, 2.75) is 0 Å². The Labute approximate surface area is 191 Å². The van der Waals surface area contributed by atoms with Gasteiger partial charge in [0.25, 0.3) is 0 Å². The zero-order valence-electron chi connectivity index (χ0n) is 16.1. The fourth-order valence-corrected chi connectivity index (χ4v) is 3.95. The topological polar surface area (TPSA) is 12.5 Å². The summed E-state index contributed by atoms with van der Waals surface area (Å²) in [7, 11) is 1.63. The van der Waals surface area contributed by atoms with E-state index in [2.05, 4.69) is 18.2 Å². The fraction of sp³-hybridized carbons (Fsp3) is 0.0400. The van der Waals surface area contributed by atoms with Gasteiger partial charge in [-0.1, -0.05) is 83.3 Å². The lowest BCUT2D eigenvalue weighted by Gasteiger charge is -2.30. The second-order valence-corrected chi connectivity index (χ2v) is 7.91. The van der Waals surface area contributed by atoms with Crippen LogP contribution in [0.5, 0.6) is 5.75 Å². The third-order valence-electron chi connectivity index (χ3n) is 4.76. The van der Waals surface area contributed by atoms with Gasteiger partial charge in [-0.3, -0.25) is 0 Å². The zero-order chi connectivity index (χ0) is 21.1. The molecule has 0 aromatic heterocycles. The number of hydrogen-bond acceptors (Lipinski definition) is 2. The number of ether oxygens (including phenoxy) is 1. The summed E-state index contributed by atoms with van der Waals surface area (Å²) in [5.74, 6) is 0.665. The Hall–Kier alpha value is -2.65. The lowest BCUT2D eigenvalue weighted by Crippen LogP contribution is -2.13. The van der Waals surface area contributed by atoms with Crippen molar-refractivity contribution in [3.63, 3.8) is 0 Å². The van der Waals surface area contributed by atoms with Crippen LogP contribution in [0.25, 0.3) is 11.1 Å². The molecule has 4 aromatic rings. The lowest BCUT2D eigenvalue weighted by atomic mass is 10.0. The maximum absolute atomic E-state index is 6.65. The molecule has 0 aliphatic heterocycles. The predicted molar refractivity (Wildman–Crippen MR) is 128 cm³/mol. The third kappa shape index (κ3) is 4.13. The van der Waals surface area contributed by atoms with Crippen LogP contribution < -0.4 is 9.64 Å². The minimum Gasteiger partial charge on any atom is -0.495 e. The molecule has 0 spiro atoms. The smallest absolute Gasteiger partial charge is 0.142 e. The average Bonchev–Trinajstić information content (AvgIpc) is 2.77. The van der Waals surface area contributed by atoms with Gasteiger partial charge in [-0.15, -0.1) is 0 Å². The van der Waals surface area contributed by atoms with Crippen LogP contribution >= 0.6 is 34.8 Å². The molecule has 0 atom stereocenters. The highest BCUT2D eigenvalue weighted by atomic mass is 35.5. The van der Waals surface area contributed by atoms with Crippen LogP contribution in [0.2, 0.25) is 15.1 Å². The number of methoxy groups -OCH3 is 1. The van der Waals surface area contributed by atoms with Crippen LogP contribution in [0.4, 0.5) is 17.1 Å². The van der Waals surface area contributed by atoms with E-state index < -0.39 is 0 Å². The number of rotatable bonds is 5. The molecule has 0 saturated carbocycles. The highest BCUT2D eigenvalue weighted by Crippen LogP contribution is 2.47. The summed E-state index contributed by atoms with van der Waals surface area (Å²) in [4.78, 5) is 2.03. The minimum absolute atomic E-state index is 0.560. The van der Waals surface area contributed by atoms with Crippen molar-refractivity contribution in [1.82, 2.24) is 0 Å². The molecule has 30 heavy (non-hydrogen) atoms. The number of hydrogen-bond donors (Lipinski definition) is 0. The predicted octanol–water partition coefficient (Wildman–Crippen LogP) is 8.79. The molecule has 0 unspecified atom stereocenters. The van der Waals surface area contributed by atoms with Gasteiger partial charge >= 0.3 is 0 Å². The van der Waals surface area contributed by atoms with Gasteiger partial charge in [0.2, 0.25) is 0 Å². The molecule has 150 valence electrons. The summed E-state index contributed by atoms with van der Waals surface area (Å²) < 4.78 is 5.66. The van der Waals surface area contributed by atoms with Gasteiger partial charge < -0.3 is 9.64 Å². The minimum atomic E-state index is 0.560. The molecule has 0 radical (unpaired) electrons. The molecule has 5 heteroatoms. The van der Waals surface area contributed by atoms with E-state index in [1.54, 1.807) is 25.3 Å². The first-order valence-electron chi connectivity index (χ1n) is 9.31. The van der Waals surface area contributed by atoms with Gasteiger partial charge in [0.05, 0.1) is 29.2 Å². The summed E-state index contributed by atoms with van der Waals surface area (Å²) in [6, 6.07) is 29.2. The van der Waals surface area contributed by atoms with Gasteiger partial charge in [-0.2, -0.15) is 0 Å². The van der Waals surface area contributed by atoms with Gasteiger partial charge in [0, 0.05) is 15.6 Å². The average molecular weight is 455 g/mol. The highest BCUT2D eigenvalue weighted by Gasteiger charge is 2.22. The Morgan fingerprint density at radius 2 is 1.27 bits per heavy atom. The van der Waals surface area contributed by atoms with E-state index in [4.69, 9.17) is 39.5 Å². The zero-order valence-corrected chi connectivity index (χ0v) is 18.4. The lowest BCUT2D eigenvalue weighted by molar-refractivity contribution is 0.416. The molecule has 0 fully saturated rings. The number of benzene rings is 4. The molecule has 0 heterocycles. The van der Waals surface area contributed by atoms with E-state index in [1.165, 1.54) is 0 Å². The van der Waals surface area contributed by atoms with Crippen LogP contribution in [0.1, 0.15) is 0 Å². The third-order valence-corrected chi connectivity index (χ3v) is 5.55. The number of para-hydroxylation sites is 1. The van der Waals surface area contributed by atoms with Crippen LogP contribution in [0, 0.1) is 0 Å². The fourth-order valence-electron chi connectivity index (χ4n) is 3.41. The summed E-state index contributed by atoms with van der Waals surface area (Å²) in [6.07, 6.45) is 0. The Balaban J connectivity index is 2.04. The first kappa shape index (κ1) is 20.6. The van der Waals surface area contributed by atoms with Gasteiger partial charge in [0.15, 0.2) is 0 Å². The standard InChI is InChI=1S/C25H18Cl3NO/c1-30-25-14-12-19(27)16-24(25)29(23-15-18(26)11-13-21(23)28)22-10-6-5-9-20(22)17-7-3-2-4-8-17/h2-16H,1H3. The van der Waals surface area contributed by atoms with E-state index in [0.29, 0.717) is 20.8 Å². The number of nitrogens with zero attached hydrogens (tertiary/aromatic N) is 1. The molecule has 4 aromatic carbocycles. The van der Waals surface area contributed by atoms with E-state index in [9.17, 15) is 0 Å². The maximum atomic E-state index is 6.65. The second kappa shape index (κ2) is 9.01. The summed E-state index contributed by atoms with van der Waals surface area (Å²) in [5.41, 5.74) is 4.53. The SMILES string of the molecule is COc1ccc(Cl)cc1N(c1cc(Cl)ccc1Cl)c1ccccc1-c1ccccc1. The van der Waals surface area contributed by atoms with Crippen LogP contribution in [0.3, 0.4) is 0 Å². The second-order valence-electron chi connectivity index (χ2n) is 6.63. The molecule has 0 saturated heterocycles. The van der Waals surface area contributed by atoms with E-state index in [-0.39, 0.29) is 0 Å². The van der Waals surface area contributed by atoms with Crippen molar-refractivity contribution < 1.29 is 4.74 Å². The normalized spacial score (nSPS) is 10.7. The number of anilines is 3. The Morgan fingerprint density at radius 1 is 0.633 bits per heavy atom. The molecule has 2 nitrogen and oxygen atoms in total. The van der Waals surface area contributed by atoms with Crippen molar-refractivity contribution in [3.8, 4) is 16.9 Å². The quantitative estimate of drug-likeness (QED) is 0.299. The Bertz CT molecular complexity index is 1180. The summed E-state index contributed by atoms with van der Waals surface area (Å²) in [5, 5.41) is 1.73. The van der Waals surface area contributed by atoms with Crippen LogP contribution in [-0.2, 0) is 0 Å². The van der Waals surface area contributed by atoms with Gasteiger partial charge in [-0.05, 0) is 48.0 Å². The van der Waals surface area contributed by atoms with E-state index >= 15 is 0 Å². The summed E-state index contributed by atoms with van der Waals surface area (Å²) >= 11 is 19.4. The summed E-state index contributed by atoms with van der Waals surface area (Å²) in [6.45, 7) is 0. The monoisotopic (exact) mass is 453 g/mol. The van der Waals surface area contributed by atoms with E-state index in [1.807, 2.05) is 59.5 Å². The van der Waals surface area contributed by atoms with Crippen molar-refractivity contribution in [2.75, 3.05) is 12.0 Å². The van der Waals surface area contributed by atoms with Crippen molar-refractivity contribution in [3.05, 3.63) is 106 Å². The van der Waals surface area contributed by atoms with Gasteiger partial charge in [-0.25, -0.2) is 0 Å².